The maximum atomic E-state index is 9.18. The first kappa shape index (κ1) is 12.9. The molecule has 0 N–H and O–H groups in total. The number of likely N-dealkylation sites (tertiary alicyclic amines) is 1. The Bertz CT molecular complexity index is 280. The molecule has 1 aliphatic heterocycles. The molecule has 2 fully saturated rings. The molecule has 3 atom stereocenters. The SMILES string of the molecule is CCN(CC)C1CCN(C2CCCC2C#N)C1. The normalized spacial score (nSPS) is 34.4. The van der Waals surface area contributed by atoms with Gasteiger partial charge in [-0.3, -0.25) is 9.80 Å². The lowest BCUT2D eigenvalue weighted by Gasteiger charge is -2.29. The van der Waals surface area contributed by atoms with E-state index in [4.69, 9.17) is 0 Å². The van der Waals surface area contributed by atoms with Crippen molar-refractivity contribution >= 4 is 0 Å². The molecule has 3 nitrogen and oxygen atoms in total. The summed E-state index contributed by atoms with van der Waals surface area (Å²) in [6.45, 7) is 9.19. The van der Waals surface area contributed by atoms with Crippen molar-refractivity contribution in [2.24, 2.45) is 5.92 Å². The van der Waals surface area contributed by atoms with Crippen molar-refractivity contribution in [1.29, 1.82) is 5.26 Å². The van der Waals surface area contributed by atoms with Gasteiger partial charge in [0.25, 0.3) is 0 Å². The topological polar surface area (TPSA) is 30.3 Å². The van der Waals surface area contributed by atoms with Crippen LogP contribution in [0.3, 0.4) is 0 Å². The molecule has 0 radical (unpaired) electrons. The quantitative estimate of drug-likeness (QED) is 0.747. The van der Waals surface area contributed by atoms with Crippen LogP contribution in [0.2, 0.25) is 0 Å². The molecule has 0 amide bonds. The fraction of sp³-hybridized carbons (Fsp3) is 0.929. The Morgan fingerprint density at radius 1 is 1.24 bits per heavy atom. The van der Waals surface area contributed by atoms with E-state index in [-0.39, 0.29) is 0 Å². The lowest BCUT2D eigenvalue weighted by atomic mass is 10.0. The average Bonchev–Trinajstić information content (AvgIpc) is 2.98. The van der Waals surface area contributed by atoms with Crippen LogP contribution in [-0.4, -0.2) is 48.1 Å². The van der Waals surface area contributed by atoms with E-state index in [0.29, 0.717) is 12.0 Å². The van der Waals surface area contributed by atoms with Crippen LogP contribution in [-0.2, 0) is 0 Å². The first-order valence-electron chi connectivity index (χ1n) is 7.17. The lowest BCUT2D eigenvalue weighted by molar-refractivity contribution is 0.177. The molecule has 2 rings (SSSR count). The molecule has 1 saturated heterocycles. The van der Waals surface area contributed by atoms with Gasteiger partial charge in [-0.05, 0) is 32.4 Å². The molecule has 2 aliphatic rings. The molecule has 1 saturated carbocycles. The van der Waals surface area contributed by atoms with Gasteiger partial charge in [-0.25, -0.2) is 0 Å². The van der Waals surface area contributed by atoms with Crippen molar-refractivity contribution in [3.05, 3.63) is 0 Å². The number of likely N-dealkylation sites (N-methyl/N-ethyl adjacent to an activating group) is 1. The molecular weight excluding hydrogens is 210 g/mol. The van der Waals surface area contributed by atoms with E-state index in [0.717, 1.165) is 25.6 Å². The Labute approximate surface area is 105 Å². The molecule has 0 spiro atoms. The van der Waals surface area contributed by atoms with Crippen LogP contribution in [0.4, 0.5) is 0 Å². The predicted molar refractivity (Wildman–Crippen MR) is 69.6 cm³/mol. The smallest absolute Gasteiger partial charge is 0.0672 e. The zero-order chi connectivity index (χ0) is 12.3. The second-order valence-corrected chi connectivity index (χ2v) is 5.39. The molecule has 0 bridgehead atoms. The third-order valence-electron chi connectivity index (χ3n) is 4.64. The highest BCUT2D eigenvalue weighted by molar-refractivity contribution is 5.00. The Balaban J connectivity index is 1.91. The largest absolute Gasteiger partial charge is 0.300 e. The Morgan fingerprint density at radius 3 is 2.65 bits per heavy atom. The van der Waals surface area contributed by atoms with Crippen molar-refractivity contribution in [3.63, 3.8) is 0 Å². The number of nitrogens with zero attached hydrogens (tertiary/aromatic N) is 3. The summed E-state index contributed by atoms with van der Waals surface area (Å²) >= 11 is 0. The predicted octanol–water partition coefficient (Wildman–Crippen LogP) is 2.09. The third-order valence-corrected chi connectivity index (χ3v) is 4.64. The standard InChI is InChI=1S/C14H25N3/c1-3-16(4-2)13-8-9-17(11-13)14-7-5-6-12(14)10-15/h12-14H,3-9,11H2,1-2H3. The van der Waals surface area contributed by atoms with Crippen LogP contribution in [0, 0.1) is 17.2 Å². The molecule has 0 aromatic heterocycles. The minimum atomic E-state index is 0.297. The van der Waals surface area contributed by atoms with Gasteiger partial charge in [-0.2, -0.15) is 5.26 Å². The molecule has 1 heterocycles. The Morgan fingerprint density at radius 2 is 2.00 bits per heavy atom. The van der Waals surface area contributed by atoms with Crippen LogP contribution >= 0.6 is 0 Å². The highest BCUT2D eigenvalue weighted by Crippen LogP contribution is 2.32. The van der Waals surface area contributed by atoms with Gasteiger partial charge in [-0.1, -0.05) is 20.3 Å². The van der Waals surface area contributed by atoms with E-state index in [1.54, 1.807) is 0 Å². The van der Waals surface area contributed by atoms with E-state index in [1.165, 1.54) is 32.4 Å². The van der Waals surface area contributed by atoms with Crippen molar-refractivity contribution in [2.45, 2.75) is 51.6 Å². The van der Waals surface area contributed by atoms with Gasteiger partial charge in [0.05, 0.1) is 12.0 Å². The number of hydrogen-bond acceptors (Lipinski definition) is 3. The Kier molecular flexibility index (Phi) is 4.42. The molecule has 0 aromatic carbocycles. The minimum Gasteiger partial charge on any atom is -0.300 e. The average molecular weight is 235 g/mol. The van der Waals surface area contributed by atoms with E-state index in [2.05, 4.69) is 29.7 Å². The number of nitriles is 1. The van der Waals surface area contributed by atoms with Gasteiger partial charge in [0.1, 0.15) is 0 Å². The van der Waals surface area contributed by atoms with Crippen LogP contribution in [0.15, 0.2) is 0 Å². The summed E-state index contributed by atoms with van der Waals surface area (Å²) in [5.41, 5.74) is 0. The van der Waals surface area contributed by atoms with Crippen LogP contribution in [0.25, 0.3) is 0 Å². The van der Waals surface area contributed by atoms with Crippen molar-refractivity contribution in [3.8, 4) is 6.07 Å². The van der Waals surface area contributed by atoms with E-state index >= 15 is 0 Å². The zero-order valence-corrected chi connectivity index (χ0v) is 11.2. The summed E-state index contributed by atoms with van der Waals surface area (Å²) in [4.78, 5) is 5.15. The van der Waals surface area contributed by atoms with Crippen LogP contribution in [0.1, 0.15) is 39.5 Å². The summed E-state index contributed by atoms with van der Waals surface area (Å²) in [5.74, 6) is 0.297. The minimum absolute atomic E-state index is 0.297. The summed E-state index contributed by atoms with van der Waals surface area (Å²) < 4.78 is 0. The van der Waals surface area contributed by atoms with Crippen molar-refractivity contribution in [2.75, 3.05) is 26.2 Å². The highest BCUT2D eigenvalue weighted by Gasteiger charge is 2.37. The molecule has 1 aliphatic carbocycles. The molecule has 17 heavy (non-hydrogen) atoms. The van der Waals surface area contributed by atoms with E-state index in [1.807, 2.05) is 0 Å². The first-order valence-corrected chi connectivity index (χ1v) is 7.17. The number of rotatable bonds is 4. The fourth-order valence-electron chi connectivity index (χ4n) is 3.64. The summed E-state index contributed by atoms with van der Waals surface area (Å²) in [7, 11) is 0. The fourth-order valence-corrected chi connectivity index (χ4v) is 3.64. The molecule has 3 heteroatoms. The number of hydrogen-bond donors (Lipinski definition) is 0. The third kappa shape index (κ3) is 2.64. The van der Waals surface area contributed by atoms with Crippen LogP contribution < -0.4 is 0 Å². The monoisotopic (exact) mass is 235 g/mol. The van der Waals surface area contributed by atoms with E-state index in [9.17, 15) is 5.26 Å². The molecule has 0 aromatic rings. The van der Waals surface area contributed by atoms with Crippen LogP contribution in [0.5, 0.6) is 0 Å². The highest BCUT2D eigenvalue weighted by atomic mass is 15.3. The lowest BCUT2D eigenvalue weighted by Crippen LogP contribution is -2.41. The van der Waals surface area contributed by atoms with Gasteiger partial charge < -0.3 is 0 Å². The Hall–Kier alpha value is -0.590. The maximum Gasteiger partial charge on any atom is 0.0672 e. The second kappa shape index (κ2) is 5.84. The summed E-state index contributed by atoms with van der Waals surface area (Å²) in [5, 5.41) is 9.18. The molecule has 3 unspecified atom stereocenters. The maximum absolute atomic E-state index is 9.18. The first-order chi connectivity index (χ1) is 8.30. The van der Waals surface area contributed by atoms with Gasteiger partial charge >= 0.3 is 0 Å². The van der Waals surface area contributed by atoms with Crippen molar-refractivity contribution in [1.82, 2.24) is 9.80 Å². The summed E-state index contributed by atoms with van der Waals surface area (Å²) in [6, 6.07) is 3.79. The second-order valence-electron chi connectivity index (χ2n) is 5.39. The van der Waals surface area contributed by atoms with Crippen molar-refractivity contribution < 1.29 is 0 Å². The van der Waals surface area contributed by atoms with Gasteiger partial charge in [0.2, 0.25) is 0 Å². The molecular formula is C14H25N3. The van der Waals surface area contributed by atoms with E-state index < -0.39 is 0 Å². The zero-order valence-electron chi connectivity index (χ0n) is 11.2. The van der Waals surface area contributed by atoms with Gasteiger partial charge in [-0.15, -0.1) is 0 Å². The summed E-state index contributed by atoms with van der Waals surface area (Å²) in [6.07, 6.45) is 4.89. The van der Waals surface area contributed by atoms with Gasteiger partial charge in [0.15, 0.2) is 0 Å². The van der Waals surface area contributed by atoms with Gasteiger partial charge in [0, 0.05) is 25.2 Å². The molecule has 96 valence electrons.